The number of ether oxygens (including phenoxy) is 2. The van der Waals surface area contributed by atoms with Crippen LogP contribution in [0.4, 0.5) is 0 Å². The summed E-state index contributed by atoms with van der Waals surface area (Å²) in [6.07, 6.45) is 0.0410. The normalized spacial score (nSPS) is 16.5. The summed E-state index contributed by atoms with van der Waals surface area (Å²) in [4.78, 5) is 18.2. The molecule has 1 N–H and O–H groups in total. The quantitative estimate of drug-likeness (QED) is 0.796. The number of H-pyrrole nitrogens is 1. The molecule has 1 aromatic heterocycles. The lowest BCUT2D eigenvalue weighted by molar-refractivity contribution is -0.0815. The molecule has 0 saturated carbocycles. The van der Waals surface area contributed by atoms with Crippen molar-refractivity contribution in [1.29, 1.82) is 0 Å². The molecule has 1 saturated heterocycles. The summed E-state index contributed by atoms with van der Waals surface area (Å²) in [5.74, 6) is 1.22. The van der Waals surface area contributed by atoms with E-state index in [2.05, 4.69) is 9.97 Å². The standard InChI is InChI=1S/C10H14N2O3/c1-6(2)10-11-8(13)3-9(12-10)15-7-4-14-5-7/h3,6-7H,4-5H2,1-2H3,(H,11,12,13). The van der Waals surface area contributed by atoms with Crippen LogP contribution in [0.1, 0.15) is 25.6 Å². The van der Waals surface area contributed by atoms with E-state index in [0.29, 0.717) is 24.9 Å². The molecule has 0 radical (unpaired) electrons. The molecule has 0 atom stereocenters. The van der Waals surface area contributed by atoms with Gasteiger partial charge in [0.05, 0.1) is 19.3 Å². The molecule has 5 heteroatoms. The zero-order chi connectivity index (χ0) is 10.8. The number of aromatic amines is 1. The predicted octanol–water partition coefficient (Wildman–Crippen LogP) is 0.671. The fraction of sp³-hybridized carbons (Fsp3) is 0.600. The maximum Gasteiger partial charge on any atom is 0.254 e. The predicted molar refractivity (Wildman–Crippen MR) is 54.2 cm³/mol. The molecule has 0 unspecified atom stereocenters. The van der Waals surface area contributed by atoms with Crippen LogP contribution in [0, 0.1) is 0 Å². The van der Waals surface area contributed by atoms with Crippen molar-refractivity contribution in [3.8, 4) is 5.88 Å². The lowest BCUT2D eigenvalue weighted by atomic mass is 10.2. The van der Waals surface area contributed by atoms with E-state index < -0.39 is 0 Å². The first kappa shape index (κ1) is 10.2. The Kier molecular flexibility index (Phi) is 2.73. The summed E-state index contributed by atoms with van der Waals surface area (Å²) < 4.78 is 10.4. The summed E-state index contributed by atoms with van der Waals surface area (Å²) in [5, 5.41) is 0. The number of nitrogens with one attached hydrogen (secondary N) is 1. The maximum absolute atomic E-state index is 11.3. The number of aromatic nitrogens is 2. The summed E-state index contributed by atoms with van der Waals surface area (Å²) in [6.45, 7) is 5.08. The fourth-order valence-electron chi connectivity index (χ4n) is 1.24. The van der Waals surface area contributed by atoms with Crippen LogP contribution in [-0.4, -0.2) is 29.3 Å². The Hall–Kier alpha value is -1.36. The zero-order valence-electron chi connectivity index (χ0n) is 8.82. The van der Waals surface area contributed by atoms with Crippen molar-refractivity contribution in [3.05, 3.63) is 22.2 Å². The Morgan fingerprint density at radius 2 is 2.33 bits per heavy atom. The second-order valence-electron chi connectivity index (χ2n) is 3.90. The topological polar surface area (TPSA) is 64.2 Å². The van der Waals surface area contributed by atoms with E-state index in [-0.39, 0.29) is 17.6 Å². The molecule has 0 spiro atoms. The SMILES string of the molecule is CC(C)c1nc(OC2COC2)cc(=O)[nH]1. The van der Waals surface area contributed by atoms with Gasteiger partial charge in [-0.2, -0.15) is 4.98 Å². The number of nitrogens with zero attached hydrogens (tertiary/aromatic N) is 1. The van der Waals surface area contributed by atoms with Crippen molar-refractivity contribution in [2.24, 2.45) is 0 Å². The highest BCUT2D eigenvalue weighted by molar-refractivity contribution is 5.11. The summed E-state index contributed by atoms with van der Waals surface area (Å²) in [7, 11) is 0. The van der Waals surface area contributed by atoms with E-state index in [1.54, 1.807) is 0 Å². The Labute approximate surface area is 87.4 Å². The second kappa shape index (κ2) is 4.02. The van der Waals surface area contributed by atoms with Crippen LogP contribution in [0.2, 0.25) is 0 Å². The molecular formula is C10H14N2O3. The van der Waals surface area contributed by atoms with E-state index in [4.69, 9.17) is 9.47 Å². The van der Waals surface area contributed by atoms with Crippen LogP contribution in [0.3, 0.4) is 0 Å². The van der Waals surface area contributed by atoms with Crippen LogP contribution in [0.15, 0.2) is 10.9 Å². The third-order valence-electron chi connectivity index (χ3n) is 2.18. The molecule has 1 aliphatic rings. The molecule has 5 nitrogen and oxygen atoms in total. The van der Waals surface area contributed by atoms with Gasteiger partial charge in [0.15, 0.2) is 0 Å². The van der Waals surface area contributed by atoms with Crippen LogP contribution in [0.25, 0.3) is 0 Å². The van der Waals surface area contributed by atoms with Gasteiger partial charge in [-0.15, -0.1) is 0 Å². The van der Waals surface area contributed by atoms with Gasteiger partial charge in [0.1, 0.15) is 11.9 Å². The molecule has 82 valence electrons. The first-order valence-electron chi connectivity index (χ1n) is 5.01. The maximum atomic E-state index is 11.3. The van der Waals surface area contributed by atoms with Crippen molar-refractivity contribution in [1.82, 2.24) is 9.97 Å². The van der Waals surface area contributed by atoms with Crippen molar-refractivity contribution in [2.45, 2.75) is 25.9 Å². The largest absolute Gasteiger partial charge is 0.469 e. The number of hydrogen-bond acceptors (Lipinski definition) is 4. The first-order valence-corrected chi connectivity index (χ1v) is 5.01. The van der Waals surface area contributed by atoms with Crippen LogP contribution < -0.4 is 10.3 Å². The van der Waals surface area contributed by atoms with Gasteiger partial charge in [0.2, 0.25) is 5.88 Å². The second-order valence-corrected chi connectivity index (χ2v) is 3.90. The highest BCUT2D eigenvalue weighted by Gasteiger charge is 2.21. The van der Waals surface area contributed by atoms with Gasteiger partial charge in [-0.1, -0.05) is 13.8 Å². The third-order valence-corrected chi connectivity index (χ3v) is 2.18. The lowest BCUT2D eigenvalue weighted by Gasteiger charge is -2.26. The number of rotatable bonds is 3. The van der Waals surface area contributed by atoms with Gasteiger partial charge in [-0.3, -0.25) is 4.79 Å². The van der Waals surface area contributed by atoms with Gasteiger partial charge >= 0.3 is 0 Å². The first-order chi connectivity index (χ1) is 7.15. The molecule has 15 heavy (non-hydrogen) atoms. The molecule has 2 rings (SSSR count). The van der Waals surface area contributed by atoms with Crippen LogP contribution >= 0.6 is 0 Å². The van der Waals surface area contributed by atoms with E-state index in [1.807, 2.05) is 13.8 Å². The van der Waals surface area contributed by atoms with Crippen molar-refractivity contribution in [2.75, 3.05) is 13.2 Å². The molecule has 0 bridgehead atoms. The molecule has 1 fully saturated rings. The Morgan fingerprint density at radius 3 is 2.87 bits per heavy atom. The highest BCUT2D eigenvalue weighted by Crippen LogP contribution is 2.14. The highest BCUT2D eigenvalue weighted by atomic mass is 16.6. The smallest absolute Gasteiger partial charge is 0.254 e. The minimum Gasteiger partial charge on any atom is -0.469 e. The molecule has 0 amide bonds. The van der Waals surface area contributed by atoms with Crippen molar-refractivity contribution >= 4 is 0 Å². The zero-order valence-corrected chi connectivity index (χ0v) is 8.82. The van der Waals surface area contributed by atoms with E-state index in [1.165, 1.54) is 6.07 Å². The monoisotopic (exact) mass is 210 g/mol. The Morgan fingerprint density at radius 1 is 1.60 bits per heavy atom. The summed E-state index contributed by atoms with van der Waals surface area (Å²) >= 11 is 0. The van der Waals surface area contributed by atoms with Crippen molar-refractivity contribution < 1.29 is 9.47 Å². The van der Waals surface area contributed by atoms with E-state index >= 15 is 0 Å². The van der Waals surface area contributed by atoms with E-state index in [0.717, 1.165) is 0 Å². The molecule has 0 aromatic carbocycles. The minimum atomic E-state index is -0.177. The van der Waals surface area contributed by atoms with E-state index in [9.17, 15) is 4.79 Å². The summed E-state index contributed by atoms with van der Waals surface area (Å²) in [6, 6.07) is 1.37. The lowest BCUT2D eigenvalue weighted by Crippen LogP contribution is -2.39. The Bertz CT molecular complexity index is 396. The van der Waals surface area contributed by atoms with Crippen molar-refractivity contribution in [3.63, 3.8) is 0 Å². The molecular weight excluding hydrogens is 196 g/mol. The summed E-state index contributed by atoms with van der Waals surface area (Å²) in [5.41, 5.74) is -0.177. The molecule has 1 aromatic rings. The number of hydrogen-bond donors (Lipinski definition) is 1. The fourth-order valence-corrected chi connectivity index (χ4v) is 1.24. The average Bonchev–Trinajstić information content (AvgIpc) is 2.10. The van der Waals surface area contributed by atoms with Gasteiger partial charge in [0.25, 0.3) is 5.56 Å². The molecule has 0 aliphatic carbocycles. The average molecular weight is 210 g/mol. The molecule has 2 heterocycles. The van der Waals surface area contributed by atoms with Gasteiger partial charge < -0.3 is 14.5 Å². The van der Waals surface area contributed by atoms with Crippen LogP contribution in [-0.2, 0) is 4.74 Å². The van der Waals surface area contributed by atoms with Gasteiger partial charge in [-0.25, -0.2) is 0 Å². The molecule has 1 aliphatic heterocycles. The third kappa shape index (κ3) is 2.36. The van der Waals surface area contributed by atoms with Gasteiger partial charge in [0, 0.05) is 5.92 Å². The van der Waals surface area contributed by atoms with Gasteiger partial charge in [-0.05, 0) is 0 Å². The Balaban J connectivity index is 2.18. The minimum absolute atomic E-state index is 0.0410. The van der Waals surface area contributed by atoms with Crippen LogP contribution in [0.5, 0.6) is 5.88 Å².